The molecule has 5 heteroatoms. The van der Waals surface area contributed by atoms with E-state index < -0.39 is 0 Å². The molecule has 21 heavy (non-hydrogen) atoms. The number of ketones is 1. The van der Waals surface area contributed by atoms with Gasteiger partial charge in [0.1, 0.15) is 0 Å². The van der Waals surface area contributed by atoms with Crippen LogP contribution in [0.1, 0.15) is 15.9 Å². The molecular formula is C16H10Cl2O3. The van der Waals surface area contributed by atoms with E-state index in [1.54, 1.807) is 42.5 Å². The van der Waals surface area contributed by atoms with Gasteiger partial charge in [-0.15, -0.1) is 0 Å². The summed E-state index contributed by atoms with van der Waals surface area (Å²) in [6.45, 7) is 0.181. The highest BCUT2D eigenvalue weighted by Crippen LogP contribution is 2.33. The number of ether oxygens (including phenoxy) is 2. The van der Waals surface area contributed by atoms with E-state index in [-0.39, 0.29) is 12.6 Å². The molecule has 0 bridgehead atoms. The molecule has 0 atom stereocenters. The van der Waals surface area contributed by atoms with E-state index in [1.165, 1.54) is 6.08 Å². The van der Waals surface area contributed by atoms with Gasteiger partial charge in [0.25, 0.3) is 0 Å². The lowest BCUT2D eigenvalue weighted by atomic mass is 10.1. The molecule has 3 rings (SSSR count). The molecule has 3 nitrogen and oxygen atoms in total. The van der Waals surface area contributed by atoms with E-state index in [1.807, 2.05) is 0 Å². The van der Waals surface area contributed by atoms with Crippen LogP contribution in [0.2, 0.25) is 10.0 Å². The van der Waals surface area contributed by atoms with Gasteiger partial charge in [-0.25, -0.2) is 0 Å². The van der Waals surface area contributed by atoms with E-state index in [0.29, 0.717) is 32.7 Å². The number of allylic oxidation sites excluding steroid dienone is 1. The van der Waals surface area contributed by atoms with Crippen molar-refractivity contribution in [3.8, 4) is 11.5 Å². The van der Waals surface area contributed by atoms with Crippen molar-refractivity contribution in [2.75, 3.05) is 6.79 Å². The molecule has 1 heterocycles. The summed E-state index contributed by atoms with van der Waals surface area (Å²) < 4.78 is 10.5. The molecule has 2 aromatic carbocycles. The van der Waals surface area contributed by atoms with Crippen LogP contribution < -0.4 is 9.47 Å². The third-order valence-electron chi connectivity index (χ3n) is 3.05. The topological polar surface area (TPSA) is 35.5 Å². The average Bonchev–Trinajstić information content (AvgIpc) is 2.96. The number of rotatable bonds is 3. The quantitative estimate of drug-likeness (QED) is 0.611. The minimum absolute atomic E-state index is 0.149. The van der Waals surface area contributed by atoms with Crippen molar-refractivity contribution in [3.63, 3.8) is 0 Å². The lowest BCUT2D eigenvalue weighted by molar-refractivity contribution is 0.104. The van der Waals surface area contributed by atoms with E-state index >= 15 is 0 Å². The zero-order chi connectivity index (χ0) is 14.8. The average molecular weight is 321 g/mol. The first-order chi connectivity index (χ1) is 10.1. The van der Waals surface area contributed by atoms with Crippen molar-refractivity contribution in [3.05, 3.63) is 63.6 Å². The highest BCUT2D eigenvalue weighted by molar-refractivity contribution is 6.42. The Labute approximate surface area is 131 Å². The van der Waals surface area contributed by atoms with Crippen LogP contribution in [0.15, 0.2) is 42.5 Å². The maximum absolute atomic E-state index is 12.2. The van der Waals surface area contributed by atoms with Crippen LogP contribution in [0.5, 0.6) is 11.5 Å². The molecule has 0 saturated carbocycles. The third kappa shape index (κ3) is 2.89. The molecule has 0 aliphatic carbocycles. The molecular weight excluding hydrogens is 311 g/mol. The van der Waals surface area contributed by atoms with Gasteiger partial charge in [-0.05, 0) is 42.0 Å². The zero-order valence-electron chi connectivity index (χ0n) is 10.8. The molecule has 0 aromatic heterocycles. The number of benzene rings is 2. The monoisotopic (exact) mass is 320 g/mol. The smallest absolute Gasteiger partial charge is 0.231 e. The summed E-state index contributed by atoms with van der Waals surface area (Å²) in [6.07, 6.45) is 3.09. The summed E-state index contributed by atoms with van der Waals surface area (Å²) in [5.74, 6) is 1.08. The van der Waals surface area contributed by atoms with Crippen LogP contribution in [0.4, 0.5) is 0 Å². The standard InChI is InChI=1S/C16H10Cl2O3/c17-12-3-1-2-10(16(12)18)4-6-13(19)11-5-7-14-15(8-11)21-9-20-14/h1-8H,9H2/b6-4+. The lowest BCUT2D eigenvalue weighted by Gasteiger charge is -2.01. The predicted octanol–water partition coefficient (Wildman–Crippen LogP) is 4.62. The number of halogens is 2. The molecule has 0 fully saturated rings. The molecule has 0 radical (unpaired) electrons. The minimum atomic E-state index is -0.149. The van der Waals surface area contributed by atoms with Crippen molar-refractivity contribution in [1.29, 1.82) is 0 Å². The summed E-state index contributed by atoms with van der Waals surface area (Å²) in [5.41, 5.74) is 1.21. The largest absolute Gasteiger partial charge is 0.454 e. The van der Waals surface area contributed by atoms with Crippen molar-refractivity contribution >= 4 is 35.1 Å². The number of carbonyl (C=O) groups excluding carboxylic acids is 1. The second-order valence-electron chi connectivity index (χ2n) is 4.41. The Kier molecular flexibility index (Phi) is 3.86. The SMILES string of the molecule is O=C(/C=C/c1cccc(Cl)c1Cl)c1ccc2c(c1)OCO2. The molecule has 0 saturated heterocycles. The summed E-state index contributed by atoms with van der Waals surface area (Å²) in [5, 5.41) is 0.878. The Bertz CT molecular complexity index is 738. The van der Waals surface area contributed by atoms with Crippen molar-refractivity contribution in [2.45, 2.75) is 0 Å². The molecule has 0 N–H and O–H groups in total. The molecule has 0 unspecified atom stereocenters. The fourth-order valence-corrected chi connectivity index (χ4v) is 2.33. The summed E-state index contributed by atoms with van der Waals surface area (Å²) >= 11 is 12.0. The Balaban J connectivity index is 1.83. The Morgan fingerprint density at radius 2 is 1.90 bits per heavy atom. The molecule has 1 aliphatic heterocycles. The highest BCUT2D eigenvalue weighted by atomic mass is 35.5. The van der Waals surface area contributed by atoms with Gasteiger partial charge in [-0.1, -0.05) is 35.3 Å². The summed E-state index contributed by atoms with van der Waals surface area (Å²) in [6, 6.07) is 10.3. The Morgan fingerprint density at radius 1 is 1.10 bits per heavy atom. The third-order valence-corrected chi connectivity index (χ3v) is 3.89. The van der Waals surface area contributed by atoms with E-state index in [2.05, 4.69) is 0 Å². The molecule has 0 amide bonds. The van der Waals surface area contributed by atoms with Crippen LogP contribution >= 0.6 is 23.2 Å². The number of fused-ring (bicyclic) bond motifs is 1. The number of carbonyl (C=O) groups is 1. The van der Waals surface area contributed by atoms with E-state index in [0.717, 1.165) is 0 Å². The minimum Gasteiger partial charge on any atom is -0.454 e. The maximum atomic E-state index is 12.2. The van der Waals surface area contributed by atoms with Gasteiger partial charge in [-0.2, -0.15) is 0 Å². The van der Waals surface area contributed by atoms with Crippen LogP contribution in [-0.4, -0.2) is 12.6 Å². The predicted molar refractivity (Wildman–Crippen MR) is 82.4 cm³/mol. The van der Waals surface area contributed by atoms with Gasteiger partial charge in [-0.3, -0.25) is 4.79 Å². The van der Waals surface area contributed by atoms with Crippen molar-refractivity contribution in [2.24, 2.45) is 0 Å². The van der Waals surface area contributed by atoms with Gasteiger partial charge >= 0.3 is 0 Å². The highest BCUT2D eigenvalue weighted by Gasteiger charge is 2.15. The van der Waals surface area contributed by atoms with Gasteiger partial charge < -0.3 is 9.47 Å². The van der Waals surface area contributed by atoms with E-state index in [4.69, 9.17) is 32.7 Å². The van der Waals surface area contributed by atoms with Crippen LogP contribution in [0.3, 0.4) is 0 Å². The zero-order valence-corrected chi connectivity index (χ0v) is 12.3. The second kappa shape index (κ2) is 5.80. The maximum Gasteiger partial charge on any atom is 0.231 e. The van der Waals surface area contributed by atoms with Crippen molar-refractivity contribution < 1.29 is 14.3 Å². The second-order valence-corrected chi connectivity index (χ2v) is 5.19. The van der Waals surface area contributed by atoms with Crippen LogP contribution in [-0.2, 0) is 0 Å². The van der Waals surface area contributed by atoms with Gasteiger partial charge in [0.15, 0.2) is 17.3 Å². The Morgan fingerprint density at radius 3 is 2.76 bits per heavy atom. The summed E-state index contributed by atoms with van der Waals surface area (Å²) in [4.78, 5) is 12.2. The molecule has 106 valence electrons. The normalized spacial score (nSPS) is 12.9. The van der Waals surface area contributed by atoms with Crippen LogP contribution in [0, 0.1) is 0 Å². The molecule has 2 aromatic rings. The fraction of sp³-hybridized carbons (Fsp3) is 0.0625. The first-order valence-corrected chi connectivity index (χ1v) is 6.97. The lowest BCUT2D eigenvalue weighted by Crippen LogP contribution is -1.94. The molecule has 1 aliphatic rings. The van der Waals surface area contributed by atoms with Gasteiger partial charge in [0, 0.05) is 5.56 Å². The summed E-state index contributed by atoms with van der Waals surface area (Å²) in [7, 11) is 0. The fourth-order valence-electron chi connectivity index (χ4n) is 1.96. The van der Waals surface area contributed by atoms with Crippen LogP contribution in [0.25, 0.3) is 6.08 Å². The number of hydrogen-bond acceptors (Lipinski definition) is 3. The number of hydrogen-bond donors (Lipinski definition) is 0. The first-order valence-electron chi connectivity index (χ1n) is 6.21. The first kappa shape index (κ1) is 14.0. The van der Waals surface area contributed by atoms with Crippen molar-refractivity contribution in [1.82, 2.24) is 0 Å². The van der Waals surface area contributed by atoms with Gasteiger partial charge in [0.2, 0.25) is 6.79 Å². The van der Waals surface area contributed by atoms with E-state index in [9.17, 15) is 4.79 Å². The molecule has 0 spiro atoms. The van der Waals surface area contributed by atoms with Gasteiger partial charge in [0.05, 0.1) is 10.0 Å². The Hall–Kier alpha value is -1.97.